The second kappa shape index (κ2) is 4.88. The van der Waals surface area contributed by atoms with E-state index >= 15 is 0 Å². The maximum atomic E-state index is 10.6. The Bertz CT molecular complexity index is 575. The molecule has 17 heavy (non-hydrogen) atoms. The van der Waals surface area contributed by atoms with E-state index in [4.69, 9.17) is 0 Å². The number of aryl methyl sites for hydroxylation is 1. The quantitative estimate of drug-likeness (QED) is 0.615. The third kappa shape index (κ3) is 2.98. The van der Waals surface area contributed by atoms with Crippen molar-refractivity contribution in [3.8, 4) is 0 Å². The molecule has 2 rings (SSSR count). The first kappa shape index (κ1) is 11.5. The number of nitro groups is 1. The number of hydrogen-bond acceptors (Lipinski definition) is 4. The van der Waals surface area contributed by atoms with Gasteiger partial charge in [0.2, 0.25) is 0 Å². The molecule has 0 atom stereocenters. The lowest BCUT2D eigenvalue weighted by atomic mass is 10.2. The van der Waals surface area contributed by atoms with Gasteiger partial charge in [0, 0.05) is 23.2 Å². The van der Waals surface area contributed by atoms with Gasteiger partial charge in [-0.05, 0) is 18.6 Å². The van der Waals surface area contributed by atoms with E-state index in [-0.39, 0.29) is 5.69 Å². The fourth-order valence-corrected chi connectivity index (χ4v) is 2.05. The molecule has 0 fully saturated rings. The van der Waals surface area contributed by atoms with Crippen LogP contribution in [0.3, 0.4) is 0 Å². The lowest BCUT2D eigenvalue weighted by molar-refractivity contribution is -0.384. The van der Waals surface area contributed by atoms with E-state index in [1.165, 1.54) is 12.1 Å². The molecule has 86 valence electrons. The monoisotopic (exact) mass is 246 g/mol. The molecule has 1 heterocycles. The van der Waals surface area contributed by atoms with Crippen LogP contribution in [0.4, 0.5) is 5.69 Å². The van der Waals surface area contributed by atoms with Crippen molar-refractivity contribution in [2.45, 2.75) is 6.92 Å². The predicted molar refractivity (Wildman–Crippen MR) is 68.9 cm³/mol. The highest BCUT2D eigenvalue weighted by molar-refractivity contribution is 7.10. The van der Waals surface area contributed by atoms with Crippen molar-refractivity contribution in [3.63, 3.8) is 0 Å². The van der Waals surface area contributed by atoms with E-state index in [2.05, 4.69) is 4.98 Å². The van der Waals surface area contributed by atoms with Crippen molar-refractivity contribution in [3.05, 3.63) is 56.0 Å². The molecule has 4 nitrogen and oxygen atoms in total. The first-order valence-corrected chi connectivity index (χ1v) is 5.88. The lowest BCUT2D eigenvalue weighted by Gasteiger charge is -1.93. The van der Waals surface area contributed by atoms with Gasteiger partial charge in [-0.3, -0.25) is 10.1 Å². The van der Waals surface area contributed by atoms with Gasteiger partial charge in [0.05, 0.1) is 4.92 Å². The summed E-state index contributed by atoms with van der Waals surface area (Å²) in [6.45, 7) is 1.93. The number of nitro benzene ring substituents is 1. The van der Waals surface area contributed by atoms with Crippen LogP contribution in [0.25, 0.3) is 12.2 Å². The maximum absolute atomic E-state index is 10.6. The fraction of sp³-hybridized carbons (Fsp3) is 0.0833. The van der Waals surface area contributed by atoms with Crippen molar-refractivity contribution in [1.29, 1.82) is 0 Å². The SMILES string of the molecule is Cc1csc(/C=C/c2cccc([N+](=O)[O-])c2)n1. The highest BCUT2D eigenvalue weighted by Gasteiger charge is 2.03. The smallest absolute Gasteiger partial charge is 0.258 e. The number of non-ortho nitro benzene ring substituents is 1. The van der Waals surface area contributed by atoms with Gasteiger partial charge in [-0.2, -0.15) is 0 Å². The molecule has 0 aliphatic heterocycles. The van der Waals surface area contributed by atoms with E-state index in [1.54, 1.807) is 17.4 Å². The van der Waals surface area contributed by atoms with Crippen LogP contribution >= 0.6 is 11.3 Å². The first-order chi connectivity index (χ1) is 8.15. The number of benzene rings is 1. The summed E-state index contributed by atoms with van der Waals surface area (Å²) in [5.41, 5.74) is 1.88. The fourth-order valence-electron chi connectivity index (χ4n) is 1.36. The van der Waals surface area contributed by atoms with E-state index in [0.717, 1.165) is 16.3 Å². The molecule has 0 aliphatic carbocycles. The molecular weight excluding hydrogens is 236 g/mol. The molecule has 1 aromatic heterocycles. The van der Waals surface area contributed by atoms with Crippen molar-refractivity contribution >= 4 is 29.2 Å². The Balaban J connectivity index is 2.21. The minimum absolute atomic E-state index is 0.0995. The van der Waals surface area contributed by atoms with Gasteiger partial charge in [0.25, 0.3) is 5.69 Å². The van der Waals surface area contributed by atoms with Gasteiger partial charge in [-0.15, -0.1) is 11.3 Å². The Morgan fingerprint density at radius 2 is 2.24 bits per heavy atom. The van der Waals surface area contributed by atoms with E-state index < -0.39 is 4.92 Å². The molecule has 0 saturated heterocycles. The standard InChI is InChI=1S/C12H10N2O2S/c1-9-8-17-12(13-9)6-5-10-3-2-4-11(7-10)14(15)16/h2-8H,1H3/b6-5+. The summed E-state index contributed by atoms with van der Waals surface area (Å²) in [7, 11) is 0. The molecule has 5 heteroatoms. The Hall–Kier alpha value is -2.01. The molecule has 0 aliphatic rings. The predicted octanol–water partition coefficient (Wildman–Crippen LogP) is 3.53. The molecule has 0 N–H and O–H groups in total. The molecule has 0 spiro atoms. The van der Waals surface area contributed by atoms with Crippen LogP contribution in [0.5, 0.6) is 0 Å². The minimum Gasteiger partial charge on any atom is -0.258 e. The van der Waals surface area contributed by atoms with Crippen LogP contribution in [-0.4, -0.2) is 9.91 Å². The van der Waals surface area contributed by atoms with Crippen molar-refractivity contribution in [1.82, 2.24) is 4.98 Å². The molecule has 2 aromatic rings. The normalized spacial score (nSPS) is 10.9. The molecule has 0 saturated carbocycles. The van der Waals surface area contributed by atoms with Crippen LogP contribution in [0.1, 0.15) is 16.3 Å². The molecule has 0 bridgehead atoms. The zero-order chi connectivity index (χ0) is 12.3. The maximum Gasteiger partial charge on any atom is 0.270 e. The van der Waals surface area contributed by atoms with Crippen LogP contribution in [0.2, 0.25) is 0 Å². The van der Waals surface area contributed by atoms with Crippen molar-refractivity contribution in [2.24, 2.45) is 0 Å². The summed E-state index contributed by atoms with van der Waals surface area (Å²) in [5, 5.41) is 13.5. The van der Waals surface area contributed by atoms with Gasteiger partial charge in [0.1, 0.15) is 5.01 Å². The average molecular weight is 246 g/mol. The van der Waals surface area contributed by atoms with Crippen LogP contribution in [0.15, 0.2) is 29.6 Å². The zero-order valence-electron chi connectivity index (χ0n) is 9.16. The summed E-state index contributed by atoms with van der Waals surface area (Å²) in [4.78, 5) is 14.5. The second-order valence-corrected chi connectivity index (χ2v) is 4.40. The molecule has 0 unspecified atom stereocenters. The number of thiazole rings is 1. The Kier molecular flexibility index (Phi) is 3.30. The van der Waals surface area contributed by atoms with E-state index in [9.17, 15) is 10.1 Å². The van der Waals surface area contributed by atoms with Crippen LogP contribution in [0, 0.1) is 17.0 Å². The van der Waals surface area contributed by atoms with Crippen LogP contribution < -0.4 is 0 Å². The lowest BCUT2D eigenvalue weighted by Crippen LogP contribution is -1.87. The average Bonchev–Trinajstić information content (AvgIpc) is 2.73. The molecule has 1 aromatic carbocycles. The Morgan fingerprint density at radius 3 is 2.88 bits per heavy atom. The first-order valence-electron chi connectivity index (χ1n) is 5.00. The van der Waals surface area contributed by atoms with Crippen molar-refractivity contribution < 1.29 is 4.92 Å². The molecule has 0 radical (unpaired) electrons. The van der Waals surface area contributed by atoms with Gasteiger partial charge in [-0.1, -0.05) is 18.2 Å². The third-order valence-electron chi connectivity index (χ3n) is 2.14. The third-order valence-corrected chi connectivity index (χ3v) is 3.06. The van der Waals surface area contributed by atoms with E-state index in [1.807, 2.05) is 30.5 Å². The number of nitrogens with zero attached hydrogens (tertiary/aromatic N) is 2. The second-order valence-electron chi connectivity index (χ2n) is 3.51. The Labute approximate surface area is 102 Å². The van der Waals surface area contributed by atoms with Gasteiger partial charge in [0.15, 0.2) is 0 Å². The largest absolute Gasteiger partial charge is 0.270 e. The van der Waals surface area contributed by atoms with Crippen LogP contribution in [-0.2, 0) is 0 Å². The summed E-state index contributed by atoms with van der Waals surface area (Å²) in [6, 6.07) is 6.51. The van der Waals surface area contributed by atoms with Gasteiger partial charge < -0.3 is 0 Å². The number of rotatable bonds is 3. The highest BCUT2D eigenvalue weighted by Crippen LogP contribution is 2.17. The molecule has 0 amide bonds. The van der Waals surface area contributed by atoms with E-state index in [0.29, 0.717) is 0 Å². The zero-order valence-corrected chi connectivity index (χ0v) is 9.98. The number of aromatic nitrogens is 1. The Morgan fingerprint density at radius 1 is 1.41 bits per heavy atom. The van der Waals surface area contributed by atoms with Gasteiger partial charge in [-0.25, -0.2) is 4.98 Å². The summed E-state index contributed by atoms with van der Waals surface area (Å²) >= 11 is 1.55. The molecular formula is C12H10N2O2S. The highest BCUT2D eigenvalue weighted by atomic mass is 32.1. The summed E-state index contributed by atoms with van der Waals surface area (Å²) < 4.78 is 0. The minimum atomic E-state index is -0.398. The number of hydrogen-bond donors (Lipinski definition) is 0. The van der Waals surface area contributed by atoms with Gasteiger partial charge >= 0.3 is 0 Å². The topological polar surface area (TPSA) is 56.0 Å². The van der Waals surface area contributed by atoms with Crippen molar-refractivity contribution in [2.75, 3.05) is 0 Å². The summed E-state index contributed by atoms with van der Waals surface area (Å²) in [6.07, 6.45) is 3.68. The summed E-state index contributed by atoms with van der Waals surface area (Å²) in [5.74, 6) is 0.